The van der Waals surface area contributed by atoms with Crippen LogP contribution < -0.4 is 5.32 Å². The molecule has 0 bridgehead atoms. The molecule has 3 fully saturated rings. The van der Waals surface area contributed by atoms with Crippen LogP contribution in [0.1, 0.15) is 38.5 Å². The molecule has 3 aliphatic rings. The lowest BCUT2D eigenvalue weighted by molar-refractivity contribution is 0.0443. The van der Waals surface area contributed by atoms with E-state index in [1.807, 2.05) is 0 Å². The highest BCUT2D eigenvalue weighted by Crippen LogP contribution is 2.42. The predicted octanol–water partition coefficient (Wildman–Crippen LogP) is 1.24. The minimum Gasteiger partial charge on any atom is -0.394 e. The number of aliphatic hydroxyl groups excluding tert-OH is 1. The summed E-state index contributed by atoms with van der Waals surface area (Å²) in [5.74, 6) is 1.45. The van der Waals surface area contributed by atoms with Gasteiger partial charge in [0.2, 0.25) is 0 Å². The SMILES string of the molecule is CN(CC1CCOCC1)CC(CO)(NC1CC1)C1CC1. The van der Waals surface area contributed by atoms with Crippen molar-refractivity contribution in [3.05, 3.63) is 0 Å². The molecule has 2 aliphatic carbocycles. The summed E-state index contributed by atoms with van der Waals surface area (Å²) in [6, 6.07) is 0.666. The van der Waals surface area contributed by atoms with Crippen LogP contribution in [-0.2, 0) is 4.74 Å². The van der Waals surface area contributed by atoms with Gasteiger partial charge in [-0.25, -0.2) is 0 Å². The molecular formula is C16H30N2O2. The van der Waals surface area contributed by atoms with Gasteiger partial charge in [-0.3, -0.25) is 0 Å². The molecule has 1 heterocycles. The number of rotatable bonds is 8. The number of nitrogens with zero attached hydrogens (tertiary/aromatic N) is 1. The Morgan fingerprint density at radius 1 is 1.15 bits per heavy atom. The van der Waals surface area contributed by atoms with E-state index in [1.165, 1.54) is 38.5 Å². The fourth-order valence-electron chi connectivity index (χ4n) is 3.70. The molecule has 4 nitrogen and oxygen atoms in total. The third kappa shape index (κ3) is 3.73. The van der Waals surface area contributed by atoms with Crippen molar-refractivity contribution >= 4 is 0 Å². The average Bonchev–Trinajstić information content (AvgIpc) is 3.32. The molecule has 0 amide bonds. The van der Waals surface area contributed by atoms with Crippen LogP contribution in [0.25, 0.3) is 0 Å². The molecular weight excluding hydrogens is 252 g/mol. The van der Waals surface area contributed by atoms with Crippen molar-refractivity contribution in [3.63, 3.8) is 0 Å². The molecule has 0 spiro atoms. The fraction of sp³-hybridized carbons (Fsp3) is 1.00. The molecule has 1 unspecified atom stereocenters. The van der Waals surface area contributed by atoms with Crippen molar-refractivity contribution in [2.45, 2.75) is 50.1 Å². The molecule has 0 radical (unpaired) electrons. The Morgan fingerprint density at radius 3 is 2.40 bits per heavy atom. The number of aliphatic hydroxyl groups is 1. The van der Waals surface area contributed by atoms with Gasteiger partial charge in [0.25, 0.3) is 0 Å². The molecule has 20 heavy (non-hydrogen) atoms. The van der Waals surface area contributed by atoms with Crippen LogP contribution in [0.5, 0.6) is 0 Å². The van der Waals surface area contributed by atoms with E-state index < -0.39 is 0 Å². The van der Waals surface area contributed by atoms with Crippen LogP contribution >= 0.6 is 0 Å². The lowest BCUT2D eigenvalue weighted by Gasteiger charge is -2.39. The van der Waals surface area contributed by atoms with E-state index in [0.717, 1.165) is 32.2 Å². The van der Waals surface area contributed by atoms with Crippen LogP contribution in [-0.4, -0.2) is 61.5 Å². The maximum absolute atomic E-state index is 10.0. The quantitative estimate of drug-likeness (QED) is 0.703. The smallest absolute Gasteiger partial charge is 0.0628 e. The van der Waals surface area contributed by atoms with Gasteiger partial charge in [0.05, 0.1) is 12.1 Å². The van der Waals surface area contributed by atoms with Crippen LogP contribution in [0.2, 0.25) is 0 Å². The van der Waals surface area contributed by atoms with E-state index >= 15 is 0 Å². The molecule has 4 heteroatoms. The van der Waals surface area contributed by atoms with Gasteiger partial charge in [-0.1, -0.05) is 0 Å². The lowest BCUT2D eigenvalue weighted by atomic mass is 9.92. The average molecular weight is 282 g/mol. The van der Waals surface area contributed by atoms with Crippen LogP contribution in [0, 0.1) is 11.8 Å². The lowest BCUT2D eigenvalue weighted by Crippen LogP contribution is -2.58. The maximum Gasteiger partial charge on any atom is 0.0628 e. The van der Waals surface area contributed by atoms with Crippen molar-refractivity contribution < 1.29 is 9.84 Å². The summed E-state index contributed by atoms with van der Waals surface area (Å²) < 4.78 is 5.44. The topological polar surface area (TPSA) is 44.7 Å². The van der Waals surface area contributed by atoms with E-state index in [2.05, 4.69) is 17.3 Å². The van der Waals surface area contributed by atoms with Gasteiger partial charge in [0, 0.05) is 32.3 Å². The van der Waals surface area contributed by atoms with E-state index in [9.17, 15) is 5.11 Å². The third-order valence-electron chi connectivity index (χ3n) is 5.17. The standard InChI is InChI=1S/C16H30N2O2/c1-18(10-13-6-8-20-9-7-13)11-16(12-19,14-2-3-14)17-15-4-5-15/h13-15,17,19H,2-12H2,1H3. The Kier molecular flexibility index (Phi) is 4.65. The Labute approximate surface area is 122 Å². The molecule has 1 atom stereocenters. The number of hydrogen-bond acceptors (Lipinski definition) is 4. The van der Waals surface area contributed by atoms with E-state index in [4.69, 9.17) is 4.74 Å². The third-order valence-corrected chi connectivity index (χ3v) is 5.17. The first kappa shape index (κ1) is 14.8. The Morgan fingerprint density at radius 2 is 1.85 bits per heavy atom. The number of ether oxygens (including phenoxy) is 1. The second-order valence-corrected chi connectivity index (χ2v) is 7.26. The van der Waals surface area contributed by atoms with Gasteiger partial charge < -0.3 is 20.1 Å². The van der Waals surface area contributed by atoms with Crippen molar-refractivity contribution in [3.8, 4) is 0 Å². The van der Waals surface area contributed by atoms with Crippen LogP contribution in [0.3, 0.4) is 0 Å². The normalized spacial score (nSPS) is 27.8. The van der Waals surface area contributed by atoms with Crippen molar-refractivity contribution in [1.29, 1.82) is 0 Å². The van der Waals surface area contributed by atoms with E-state index in [0.29, 0.717) is 12.0 Å². The predicted molar refractivity (Wildman–Crippen MR) is 79.7 cm³/mol. The first-order valence-corrected chi connectivity index (χ1v) is 8.37. The highest BCUT2D eigenvalue weighted by atomic mass is 16.5. The second kappa shape index (κ2) is 6.30. The van der Waals surface area contributed by atoms with Gasteiger partial charge in [0.1, 0.15) is 0 Å². The fourth-order valence-corrected chi connectivity index (χ4v) is 3.70. The Bertz CT molecular complexity index is 312. The van der Waals surface area contributed by atoms with Gasteiger partial charge in [-0.05, 0) is 57.4 Å². The van der Waals surface area contributed by atoms with Crippen LogP contribution in [0.4, 0.5) is 0 Å². The molecule has 1 aliphatic heterocycles. The van der Waals surface area contributed by atoms with Gasteiger partial charge in [0.15, 0.2) is 0 Å². The summed E-state index contributed by atoms with van der Waals surface area (Å²) in [4.78, 5) is 2.44. The largest absolute Gasteiger partial charge is 0.394 e. The molecule has 0 aromatic rings. The zero-order valence-corrected chi connectivity index (χ0v) is 12.8. The molecule has 1 saturated heterocycles. The van der Waals surface area contributed by atoms with Gasteiger partial charge >= 0.3 is 0 Å². The maximum atomic E-state index is 10.0. The van der Waals surface area contributed by atoms with Crippen molar-refractivity contribution in [2.24, 2.45) is 11.8 Å². The van der Waals surface area contributed by atoms with E-state index in [-0.39, 0.29) is 12.1 Å². The molecule has 0 aromatic carbocycles. The second-order valence-electron chi connectivity index (χ2n) is 7.26. The monoisotopic (exact) mass is 282 g/mol. The zero-order valence-electron chi connectivity index (χ0n) is 12.8. The zero-order chi connectivity index (χ0) is 14.0. The number of nitrogens with one attached hydrogen (secondary N) is 1. The Hall–Kier alpha value is -0.160. The summed E-state index contributed by atoms with van der Waals surface area (Å²) >= 11 is 0. The minimum absolute atomic E-state index is 0.0406. The van der Waals surface area contributed by atoms with Gasteiger partial charge in [-0.2, -0.15) is 0 Å². The summed E-state index contributed by atoms with van der Waals surface area (Å²) in [6.45, 7) is 4.26. The number of hydrogen-bond donors (Lipinski definition) is 2. The summed E-state index contributed by atoms with van der Waals surface area (Å²) in [5, 5.41) is 13.8. The molecule has 2 N–H and O–H groups in total. The summed E-state index contributed by atoms with van der Waals surface area (Å²) in [7, 11) is 2.22. The molecule has 0 aromatic heterocycles. The Balaban J connectivity index is 1.53. The van der Waals surface area contributed by atoms with Crippen molar-refractivity contribution in [1.82, 2.24) is 10.2 Å². The first-order chi connectivity index (χ1) is 9.72. The highest BCUT2D eigenvalue weighted by molar-refractivity contribution is 5.06. The van der Waals surface area contributed by atoms with Crippen LogP contribution in [0.15, 0.2) is 0 Å². The van der Waals surface area contributed by atoms with Gasteiger partial charge in [-0.15, -0.1) is 0 Å². The summed E-state index contributed by atoms with van der Waals surface area (Å²) in [6.07, 6.45) is 7.53. The highest BCUT2D eigenvalue weighted by Gasteiger charge is 2.47. The molecule has 3 rings (SSSR count). The van der Waals surface area contributed by atoms with E-state index in [1.54, 1.807) is 0 Å². The minimum atomic E-state index is -0.0406. The summed E-state index contributed by atoms with van der Waals surface area (Å²) in [5.41, 5.74) is -0.0406. The van der Waals surface area contributed by atoms with Crippen molar-refractivity contribution in [2.75, 3.05) is 40.0 Å². The molecule has 2 saturated carbocycles. The molecule has 116 valence electrons. The number of likely N-dealkylation sites (N-methyl/N-ethyl adjacent to an activating group) is 1. The first-order valence-electron chi connectivity index (χ1n) is 8.37.